The van der Waals surface area contributed by atoms with Crippen LogP contribution in [0.5, 0.6) is 5.75 Å². The number of amides is 1. The molecule has 0 bridgehead atoms. The predicted octanol–water partition coefficient (Wildman–Crippen LogP) is 3.51. The molecule has 1 fully saturated rings. The lowest BCUT2D eigenvalue weighted by Gasteiger charge is -2.12. The zero-order valence-electron chi connectivity index (χ0n) is 12.3. The number of carbonyl (C=O) groups is 1. The van der Waals surface area contributed by atoms with Gasteiger partial charge < -0.3 is 10.1 Å². The fourth-order valence-electron chi connectivity index (χ4n) is 2.09. The largest absolute Gasteiger partial charge is 0.508 e. The van der Waals surface area contributed by atoms with Crippen molar-refractivity contribution in [1.29, 1.82) is 0 Å². The number of benzene rings is 1. The molecule has 0 unspecified atom stereocenters. The topological polar surface area (TPSA) is 68.7 Å². The molecule has 0 radical (unpaired) electrons. The number of H-pyrrole nitrogens is 1. The Bertz CT molecular complexity index is 777. The Labute approximate surface area is 138 Å². The number of phenolic OH excluding ortho intramolecular Hbond substituents is 1. The summed E-state index contributed by atoms with van der Waals surface area (Å²) in [5, 5.41) is 9.93. The van der Waals surface area contributed by atoms with Gasteiger partial charge >= 0.3 is 0 Å². The lowest BCUT2D eigenvalue weighted by molar-refractivity contribution is -0.121. The molecule has 5 nitrogen and oxygen atoms in total. The van der Waals surface area contributed by atoms with Crippen LogP contribution < -0.4 is 0 Å². The smallest absolute Gasteiger partial charge is 0.267 e. The molecule has 0 aliphatic carbocycles. The van der Waals surface area contributed by atoms with Crippen molar-refractivity contribution in [2.75, 3.05) is 6.54 Å². The molecule has 0 saturated carbocycles. The van der Waals surface area contributed by atoms with Gasteiger partial charge in [0.2, 0.25) is 0 Å². The number of aliphatic imine (C=N–C) groups is 1. The Balaban J connectivity index is 1.93. The van der Waals surface area contributed by atoms with E-state index in [1.165, 1.54) is 11.8 Å². The highest BCUT2D eigenvalue weighted by Gasteiger charge is 2.32. The summed E-state index contributed by atoms with van der Waals surface area (Å²) in [6, 6.07) is 10.3. The molecule has 1 saturated heterocycles. The van der Waals surface area contributed by atoms with Crippen molar-refractivity contribution >= 4 is 34.6 Å². The molecule has 0 atom stereocenters. The Kier molecular flexibility index (Phi) is 4.34. The van der Waals surface area contributed by atoms with Crippen molar-refractivity contribution in [3.8, 4) is 5.75 Å². The number of aromatic nitrogens is 1. The summed E-state index contributed by atoms with van der Waals surface area (Å²) in [5.74, 6) is 0.0846. The number of phenols is 1. The zero-order valence-corrected chi connectivity index (χ0v) is 13.1. The molecule has 2 aromatic rings. The van der Waals surface area contributed by atoms with E-state index >= 15 is 0 Å². The summed E-state index contributed by atoms with van der Waals surface area (Å²) in [4.78, 5) is 22.3. The number of rotatable bonds is 4. The summed E-state index contributed by atoms with van der Waals surface area (Å²) in [6.07, 6.45) is 5.29. The van der Waals surface area contributed by atoms with Gasteiger partial charge in [0.05, 0.1) is 10.6 Å². The van der Waals surface area contributed by atoms with Gasteiger partial charge in [0, 0.05) is 18.4 Å². The first kappa shape index (κ1) is 15.2. The monoisotopic (exact) mass is 325 g/mol. The molecule has 23 heavy (non-hydrogen) atoms. The van der Waals surface area contributed by atoms with Gasteiger partial charge in [-0.15, -0.1) is 6.58 Å². The van der Waals surface area contributed by atoms with Crippen LogP contribution >= 0.6 is 11.8 Å². The highest BCUT2D eigenvalue weighted by atomic mass is 32.2. The van der Waals surface area contributed by atoms with Crippen LogP contribution in [0.2, 0.25) is 0 Å². The second kappa shape index (κ2) is 6.58. The maximum absolute atomic E-state index is 12.5. The van der Waals surface area contributed by atoms with Gasteiger partial charge in [0.25, 0.3) is 5.91 Å². The number of aromatic hydroxyl groups is 1. The van der Waals surface area contributed by atoms with Crippen molar-refractivity contribution in [1.82, 2.24) is 9.88 Å². The number of aromatic amines is 1. The molecule has 0 spiro atoms. The Morgan fingerprint density at radius 3 is 2.74 bits per heavy atom. The van der Waals surface area contributed by atoms with E-state index in [2.05, 4.69) is 16.6 Å². The first-order chi connectivity index (χ1) is 11.2. The molecule has 2 heterocycles. The Morgan fingerprint density at radius 2 is 2.09 bits per heavy atom. The molecular weight excluding hydrogens is 310 g/mol. The van der Waals surface area contributed by atoms with E-state index in [4.69, 9.17) is 0 Å². The minimum absolute atomic E-state index is 0.0953. The number of thioether (sulfide) groups is 1. The third kappa shape index (κ3) is 3.37. The third-order valence-corrected chi connectivity index (χ3v) is 4.19. The molecule has 1 amide bonds. The fourth-order valence-corrected chi connectivity index (χ4v) is 3.09. The van der Waals surface area contributed by atoms with Gasteiger partial charge in [0.1, 0.15) is 5.75 Å². The van der Waals surface area contributed by atoms with Gasteiger partial charge in [-0.25, -0.2) is 4.99 Å². The zero-order chi connectivity index (χ0) is 16.2. The van der Waals surface area contributed by atoms with E-state index in [-0.39, 0.29) is 11.7 Å². The van der Waals surface area contributed by atoms with Crippen LogP contribution in [-0.2, 0) is 4.79 Å². The summed E-state index contributed by atoms with van der Waals surface area (Å²) in [5.41, 5.74) is 1.54. The van der Waals surface area contributed by atoms with Gasteiger partial charge in [0.15, 0.2) is 5.17 Å². The number of amidine groups is 1. The molecule has 116 valence electrons. The third-order valence-electron chi connectivity index (χ3n) is 3.18. The van der Waals surface area contributed by atoms with E-state index in [1.807, 2.05) is 24.4 Å². The molecule has 3 rings (SSSR count). The SMILES string of the molecule is C=CCN1C(=O)/C(=C/c2ccc[nH]2)SC1=Nc1ccc(O)cc1. The first-order valence-corrected chi connectivity index (χ1v) is 7.82. The van der Waals surface area contributed by atoms with Crippen LogP contribution in [0.15, 0.2) is 65.1 Å². The number of nitrogens with one attached hydrogen (secondary N) is 1. The van der Waals surface area contributed by atoms with Crippen molar-refractivity contribution < 1.29 is 9.90 Å². The Morgan fingerprint density at radius 1 is 1.30 bits per heavy atom. The van der Waals surface area contributed by atoms with Gasteiger partial charge in [-0.1, -0.05) is 6.08 Å². The molecule has 6 heteroatoms. The normalized spacial score (nSPS) is 18.1. The summed E-state index contributed by atoms with van der Waals surface area (Å²) in [6.45, 7) is 4.09. The Hall–Kier alpha value is -2.73. The molecule has 1 aliphatic rings. The second-order valence-corrected chi connectivity index (χ2v) is 5.86. The van der Waals surface area contributed by atoms with Crippen LogP contribution in [0.4, 0.5) is 5.69 Å². The predicted molar refractivity (Wildman–Crippen MR) is 93.5 cm³/mol. The maximum atomic E-state index is 12.5. The van der Waals surface area contributed by atoms with Crippen molar-refractivity contribution in [2.24, 2.45) is 4.99 Å². The van der Waals surface area contributed by atoms with E-state index in [9.17, 15) is 9.90 Å². The van der Waals surface area contributed by atoms with Crippen LogP contribution in [0.3, 0.4) is 0 Å². The van der Waals surface area contributed by atoms with Crippen molar-refractivity contribution in [3.05, 3.63) is 65.8 Å². The summed E-state index contributed by atoms with van der Waals surface area (Å²) < 4.78 is 0. The van der Waals surface area contributed by atoms with Crippen LogP contribution in [0, 0.1) is 0 Å². The maximum Gasteiger partial charge on any atom is 0.267 e. The molecule has 1 aromatic carbocycles. The molecular formula is C17H15N3O2S. The van der Waals surface area contributed by atoms with E-state index in [0.717, 1.165) is 5.69 Å². The number of carbonyl (C=O) groups excluding carboxylic acids is 1. The second-order valence-electron chi connectivity index (χ2n) is 4.85. The lowest BCUT2D eigenvalue weighted by atomic mass is 10.3. The van der Waals surface area contributed by atoms with E-state index in [1.54, 1.807) is 35.2 Å². The minimum Gasteiger partial charge on any atom is -0.508 e. The van der Waals surface area contributed by atoms with E-state index < -0.39 is 0 Å². The average molecular weight is 325 g/mol. The van der Waals surface area contributed by atoms with Crippen LogP contribution in [-0.4, -0.2) is 32.6 Å². The van der Waals surface area contributed by atoms with Gasteiger partial charge in [-0.2, -0.15) is 0 Å². The fraction of sp³-hybridized carbons (Fsp3) is 0.0588. The van der Waals surface area contributed by atoms with Crippen LogP contribution in [0.25, 0.3) is 6.08 Å². The first-order valence-electron chi connectivity index (χ1n) is 7.01. The molecule has 1 aliphatic heterocycles. The number of hydrogen-bond donors (Lipinski definition) is 2. The standard InChI is InChI=1S/C17H15N3O2S/c1-2-10-20-16(22)15(11-13-4-3-9-18-13)23-17(20)19-12-5-7-14(21)8-6-12/h2-9,11,18,21H,1,10H2/b15-11-,19-17?. The molecule has 2 N–H and O–H groups in total. The number of nitrogens with zero attached hydrogens (tertiary/aromatic N) is 2. The highest BCUT2D eigenvalue weighted by molar-refractivity contribution is 8.18. The van der Waals surface area contributed by atoms with Crippen molar-refractivity contribution in [2.45, 2.75) is 0 Å². The van der Waals surface area contributed by atoms with Crippen LogP contribution in [0.1, 0.15) is 5.69 Å². The van der Waals surface area contributed by atoms with E-state index in [0.29, 0.717) is 22.3 Å². The molecule has 1 aromatic heterocycles. The van der Waals surface area contributed by atoms with Gasteiger partial charge in [-0.05, 0) is 54.2 Å². The lowest BCUT2D eigenvalue weighted by Crippen LogP contribution is -2.29. The highest BCUT2D eigenvalue weighted by Crippen LogP contribution is 2.34. The minimum atomic E-state index is -0.0953. The summed E-state index contributed by atoms with van der Waals surface area (Å²) >= 11 is 1.32. The van der Waals surface area contributed by atoms with Crippen molar-refractivity contribution in [3.63, 3.8) is 0 Å². The summed E-state index contributed by atoms with van der Waals surface area (Å²) in [7, 11) is 0. The average Bonchev–Trinajstić information content (AvgIpc) is 3.14. The number of hydrogen-bond acceptors (Lipinski definition) is 4. The quantitative estimate of drug-likeness (QED) is 0.667. The van der Waals surface area contributed by atoms with Gasteiger partial charge in [-0.3, -0.25) is 9.69 Å².